The van der Waals surface area contributed by atoms with E-state index in [-0.39, 0.29) is 24.3 Å². The molecule has 0 saturated heterocycles. The largest absolute Gasteiger partial charge is 0.395 e. The summed E-state index contributed by atoms with van der Waals surface area (Å²) in [7, 11) is 1.87. The van der Waals surface area contributed by atoms with Gasteiger partial charge in [0.25, 0.3) is 0 Å². The molecular weight excluding hydrogens is 326 g/mol. The molecule has 132 valence electrons. The van der Waals surface area contributed by atoms with Gasteiger partial charge in [0.2, 0.25) is 5.91 Å². The molecule has 25 heavy (non-hydrogen) atoms. The maximum Gasteiger partial charge on any atom is 0.228 e. The van der Waals surface area contributed by atoms with Crippen LogP contribution in [0, 0.1) is 17.6 Å². The highest BCUT2D eigenvalue weighted by atomic mass is 19.1. The molecule has 1 aliphatic carbocycles. The number of aliphatic hydroxyl groups excluding tert-OH is 1. The lowest BCUT2D eigenvalue weighted by atomic mass is 10.1. The van der Waals surface area contributed by atoms with Crippen molar-refractivity contribution in [1.82, 2.24) is 0 Å². The average Bonchev–Trinajstić information content (AvgIpc) is 3.36. The van der Waals surface area contributed by atoms with Crippen LogP contribution in [0.2, 0.25) is 0 Å². The molecule has 2 unspecified atom stereocenters. The number of nitrogens with one attached hydrogen (secondary N) is 1. The predicted octanol–water partition coefficient (Wildman–Crippen LogP) is 3.14. The molecule has 0 spiro atoms. The Balaban J connectivity index is 1.60. The molecule has 0 radical (unpaired) electrons. The number of hydrogen-bond donors (Lipinski definition) is 2. The first-order valence-corrected chi connectivity index (χ1v) is 8.17. The van der Waals surface area contributed by atoms with Gasteiger partial charge in [-0.3, -0.25) is 4.79 Å². The van der Waals surface area contributed by atoms with Crippen LogP contribution < -0.4 is 10.2 Å². The molecule has 2 aromatic carbocycles. The second-order valence-corrected chi connectivity index (χ2v) is 6.30. The average molecular weight is 346 g/mol. The SMILES string of the molecule is CN(CCO)c1ccc(NC(=O)C2CC2c2ccc(F)cc2F)cc1. The third-order valence-corrected chi connectivity index (χ3v) is 4.50. The molecule has 0 heterocycles. The van der Waals surface area contributed by atoms with Crippen LogP contribution >= 0.6 is 0 Å². The Morgan fingerprint density at radius 1 is 1.24 bits per heavy atom. The first-order chi connectivity index (χ1) is 12.0. The van der Waals surface area contributed by atoms with Gasteiger partial charge in [0.05, 0.1) is 6.61 Å². The van der Waals surface area contributed by atoms with Gasteiger partial charge in [-0.25, -0.2) is 8.78 Å². The van der Waals surface area contributed by atoms with Gasteiger partial charge < -0.3 is 15.3 Å². The van der Waals surface area contributed by atoms with E-state index in [4.69, 9.17) is 5.11 Å². The van der Waals surface area contributed by atoms with E-state index in [1.54, 1.807) is 12.1 Å². The zero-order valence-corrected chi connectivity index (χ0v) is 13.9. The summed E-state index contributed by atoms with van der Waals surface area (Å²) in [5.74, 6) is -1.87. The lowest BCUT2D eigenvalue weighted by molar-refractivity contribution is -0.117. The number of anilines is 2. The van der Waals surface area contributed by atoms with E-state index in [2.05, 4.69) is 5.32 Å². The van der Waals surface area contributed by atoms with Crippen LogP contribution in [0.15, 0.2) is 42.5 Å². The first-order valence-electron chi connectivity index (χ1n) is 8.17. The number of rotatable bonds is 6. The molecule has 1 saturated carbocycles. The molecule has 6 heteroatoms. The van der Waals surface area contributed by atoms with E-state index in [0.29, 0.717) is 24.2 Å². The van der Waals surface area contributed by atoms with Gasteiger partial charge in [-0.1, -0.05) is 6.07 Å². The Bertz CT molecular complexity index is 765. The lowest BCUT2D eigenvalue weighted by Crippen LogP contribution is -2.21. The van der Waals surface area contributed by atoms with Crippen LogP contribution in [-0.4, -0.2) is 31.2 Å². The highest BCUT2D eigenvalue weighted by Gasteiger charge is 2.45. The number of benzene rings is 2. The number of hydrogen-bond acceptors (Lipinski definition) is 3. The smallest absolute Gasteiger partial charge is 0.228 e. The molecule has 2 aromatic rings. The Morgan fingerprint density at radius 2 is 1.96 bits per heavy atom. The Morgan fingerprint density at radius 3 is 2.60 bits per heavy atom. The highest BCUT2D eigenvalue weighted by Crippen LogP contribution is 2.48. The normalized spacial score (nSPS) is 18.7. The van der Waals surface area contributed by atoms with Crippen molar-refractivity contribution in [2.75, 3.05) is 30.4 Å². The fraction of sp³-hybridized carbons (Fsp3) is 0.316. The molecule has 1 amide bonds. The van der Waals surface area contributed by atoms with Gasteiger partial charge in [0.15, 0.2) is 0 Å². The molecule has 0 aromatic heterocycles. The van der Waals surface area contributed by atoms with Crippen molar-refractivity contribution in [2.24, 2.45) is 5.92 Å². The van der Waals surface area contributed by atoms with Gasteiger partial charge in [-0.2, -0.15) is 0 Å². The van der Waals surface area contributed by atoms with Crippen molar-refractivity contribution in [3.63, 3.8) is 0 Å². The van der Waals surface area contributed by atoms with Gasteiger partial charge in [-0.15, -0.1) is 0 Å². The summed E-state index contributed by atoms with van der Waals surface area (Å²) in [6, 6.07) is 10.8. The molecule has 2 atom stereocenters. The van der Waals surface area contributed by atoms with Gasteiger partial charge in [-0.05, 0) is 48.2 Å². The standard InChI is InChI=1S/C19H20F2N2O2/c1-23(8-9-24)14-5-3-13(4-6-14)22-19(25)17-11-16(17)15-7-2-12(20)10-18(15)21/h2-7,10,16-17,24H,8-9,11H2,1H3,(H,22,25). The predicted molar refractivity (Wildman–Crippen MR) is 92.6 cm³/mol. The Labute approximate surface area is 145 Å². The molecule has 1 aliphatic rings. The second kappa shape index (κ2) is 7.19. The van der Waals surface area contributed by atoms with E-state index in [0.717, 1.165) is 11.8 Å². The van der Waals surface area contributed by atoms with Crippen molar-refractivity contribution in [3.05, 3.63) is 59.7 Å². The minimum absolute atomic E-state index is 0.0675. The van der Waals surface area contributed by atoms with Crippen LogP contribution in [0.3, 0.4) is 0 Å². The molecule has 2 N–H and O–H groups in total. The maximum absolute atomic E-state index is 13.8. The van der Waals surface area contributed by atoms with E-state index in [1.807, 2.05) is 24.1 Å². The van der Waals surface area contributed by atoms with E-state index >= 15 is 0 Å². The second-order valence-electron chi connectivity index (χ2n) is 6.30. The maximum atomic E-state index is 13.8. The van der Waals surface area contributed by atoms with Crippen LogP contribution in [0.1, 0.15) is 17.9 Å². The molecule has 4 nitrogen and oxygen atoms in total. The topological polar surface area (TPSA) is 52.6 Å². The van der Waals surface area contributed by atoms with Crippen LogP contribution in [0.25, 0.3) is 0 Å². The summed E-state index contributed by atoms with van der Waals surface area (Å²) in [6.45, 7) is 0.594. The van der Waals surface area contributed by atoms with Crippen molar-refractivity contribution in [1.29, 1.82) is 0 Å². The van der Waals surface area contributed by atoms with Crippen LogP contribution in [0.5, 0.6) is 0 Å². The minimum Gasteiger partial charge on any atom is -0.395 e. The fourth-order valence-electron chi connectivity index (χ4n) is 2.94. The number of likely N-dealkylation sites (N-methyl/N-ethyl adjacent to an activating group) is 1. The summed E-state index contributed by atoms with van der Waals surface area (Å²) in [4.78, 5) is 14.2. The molecule has 1 fully saturated rings. The number of carbonyl (C=O) groups excluding carboxylic acids is 1. The van der Waals surface area contributed by atoms with E-state index in [9.17, 15) is 13.6 Å². The number of amides is 1. The van der Waals surface area contributed by atoms with E-state index in [1.165, 1.54) is 12.1 Å². The molecule has 3 rings (SSSR count). The number of carbonyl (C=O) groups is 1. The highest BCUT2D eigenvalue weighted by molar-refractivity contribution is 5.95. The third kappa shape index (κ3) is 3.96. The molecule has 0 bridgehead atoms. The van der Waals surface area contributed by atoms with Crippen molar-refractivity contribution in [2.45, 2.75) is 12.3 Å². The monoisotopic (exact) mass is 346 g/mol. The lowest BCUT2D eigenvalue weighted by Gasteiger charge is -2.18. The molecular formula is C19H20F2N2O2. The summed E-state index contributed by atoms with van der Waals surface area (Å²) in [5, 5.41) is 11.8. The Hall–Kier alpha value is -2.47. The minimum atomic E-state index is -0.617. The van der Waals surface area contributed by atoms with Gasteiger partial charge >= 0.3 is 0 Å². The Kier molecular flexibility index (Phi) is 4.99. The third-order valence-electron chi connectivity index (χ3n) is 4.50. The van der Waals surface area contributed by atoms with Crippen LogP contribution in [-0.2, 0) is 4.79 Å². The van der Waals surface area contributed by atoms with Crippen molar-refractivity contribution < 1.29 is 18.7 Å². The summed E-state index contributed by atoms with van der Waals surface area (Å²) in [5.41, 5.74) is 1.99. The first kappa shape index (κ1) is 17.4. The fourth-order valence-corrected chi connectivity index (χ4v) is 2.94. The van der Waals surface area contributed by atoms with Gasteiger partial charge in [0.1, 0.15) is 11.6 Å². The number of halogens is 2. The zero-order valence-electron chi connectivity index (χ0n) is 13.9. The number of aliphatic hydroxyl groups is 1. The zero-order chi connectivity index (χ0) is 18.0. The van der Waals surface area contributed by atoms with Crippen LogP contribution in [0.4, 0.5) is 20.2 Å². The van der Waals surface area contributed by atoms with Gasteiger partial charge in [0, 0.05) is 37.0 Å². The quantitative estimate of drug-likeness (QED) is 0.845. The summed E-state index contributed by atoms with van der Waals surface area (Å²) in [6.07, 6.45) is 0.561. The van der Waals surface area contributed by atoms with Crippen molar-refractivity contribution >= 4 is 17.3 Å². The van der Waals surface area contributed by atoms with E-state index < -0.39 is 11.6 Å². The summed E-state index contributed by atoms with van der Waals surface area (Å²) >= 11 is 0. The number of nitrogens with zero attached hydrogens (tertiary/aromatic N) is 1. The van der Waals surface area contributed by atoms with Crippen molar-refractivity contribution in [3.8, 4) is 0 Å². The summed E-state index contributed by atoms with van der Waals surface area (Å²) < 4.78 is 26.8. The molecule has 0 aliphatic heterocycles.